The average molecular weight is 568 g/mol. The molecule has 0 bridgehead atoms. The van der Waals surface area contributed by atoms with Crippen LogP contribution in [0.15, 0.2) is 53.6 Å². The number of nitrogens with zero attached hydrogens (tertiary/aromatic N) is 5. The number of anilines is 1. The summed E-state index contributed by atoms with van der Waals surface area (Å²) < 4.78 is 11.6. The molecular formula is C33H37N5O4. The number of hydrogen-bond donors (Lipinski definition) is 0. The Labute approximate surface area is 246 Å². The first-order chi connectivity index (χ1) is 20.0. The van der Waals surface area contributed by atoms with Gasteiger partial charge in [0.05, 0.1) is 5.56 Å². The van der Waals surface area contributed by atoms with E-state index >= 15 is 0 Å². The second-order valence-corrected chi connectivity index (χ2v) is 11.9. The predicted molar refractivity (Wildman–Crippen MR) is 163 cm³/mol. The number of rotatable bonds is 5. The van der Waals surface area contributed by atoms with E-state index in [1.165, 1.54) is 22.3 Å². The Balaban J connectivity index is 1.31. The Kier molecular flexibility index (Phi) is 7.89. The molecule has 9 heteroatoms. The molecule has 1 fully saturated rings. The molecule has 2 aliphatic rings. The molecule has 1 heterocycles. The first-order valence-electron chi connectivity index (χ1n) is 14.3. The number of benzene rings is 3. The Morgan fingerprint density at radius 2 is 1.48 bits per heavy atom. The van der Waals surface area contributed by atoms with Crippen LogP contribution in [0.5, 0.6) is 0 Å². The lowest BCUT2D eigenvalue weighted by Crippen LogP contribution is -2.49. The van der Waals surface area contributed by atoms with Crippen LogP contribution in [0.1, 0.15) is 64.9 Å². The number of hydrogen-bond acceptors (Lipinski definition) is 6. The summed E-state index contributed by atoms with van der Waals surface area (Å²) in [6.07, 6.45) is -0.335. The maximum absolute atomic E-state index is 13.2. The minimum atomic E-state index is -0.672. The van der Waals surface area contributed by atoms with E-state index in [1.54, 1.807) is 11.8 Å². The standard InChI is InChI=1S/C33H37N5O4/c1-20-28(31(39)42-33(4,5)6)21(2)30(22(3)29(20)35-36-34)37-15-17-38(18-16-37)32(40)41-19-27-25-13-9-7-11-23(25)24-12-8-10-14-26(24)27/h7-14,27H,15-19H2,1-6H3. The zero-order valence-corrected chi connectivity index (χ0v) is 25.1. The number of esters is 1. The number of azide groups is 1. The largest absolute Gasteiger partial charge is 0.456 e. The number of carbonyl (C=O) groups is 2. The minimum Gasteiger partial charge on any atom is -0.456 e. The normalized spacial score (nSPS) is 14.6. The lowest BCUT2D eigenvalue weighted by Gasteiger charge is -2.38. The zero-order valence-electron chi connectivity index (χ0n) is 25.1. The Morgan fingerprint density at radius 3 is 2.02 bits per heavy atom. The summed E-state index contributed by atoms with van der Waals surface area (Å²) in [5.74, 6) is -0.448. The van der Waals surface area contributed by atoms with E-state index < -0.39 is 11.6 Å². The van der Waals surface area contributed by atoms with Crippen molar-refractivity contribution in [2.45, 2.75) is 53.1 Å². The quantitative estimate of drug-likeness (QED) is 0.137. The number of carbonyl (C=O) groups excluding carboxylic acids is 2. The number of piperazine rings is 1. The molecule has 0 spiro atoms. The fourth-order valence-electron chi connectivity index (χ4n) is 6.30. The third kappa shape index (κ3) is 5.40. The van der Waals surface area contributed by atoms with Gasteiger partial charge in [-0.25, -0.2) is 9.59 Å². The first-order valence-corrected chi connectivity index (χ1v) is 14.3. The molecule has 218 valence electrons. The molecule has 0 saturated carbocycles. The van der Waals surface area contributed by atoms with Crippen molar-refractivity contribution in [2.75, 3.05) is 37.7 Å². The van der Waals surface area contributed by atoms with Crippen LogP contribution in [0.3, 0.4) is 0 Å². The highest BCUT2D eigenvalue weighted by atomic mass is 16.6. The van der Waals surface area contributed by atoms with Crippen molar-refractivity contribution in [3.63, 3.8) is 0 Å². The van der Waals surface area contributed by atoms with Crippen LogP contribution in [-0.2, 0) is 9.47 Å². The van der Waals surface area contributed by atoms with Crippen LogP contribution in [0, 0.1) is 20.8 Å². The summed E-state index contributed by atoms with van der Waals surface area (Å²) in [5.41, 5.74) is 17.2. The van der Waals surface area contributed by atoms with Crippen molar-refractivity contribution < 1.29 is 19.1 Å². The van der Waals surface area contributed by atoms with Gasteiger partial charge in [0, 0.05) is 48.4 Å². The van der Waals surface area contributed by atoms with Crippen LogP contribution in [-0.4, -0.2) is 55.3 Å². The highest BCUT2D eigenvalue weighted by Gasteiger charge is 2.32. The molecule has 0 radical (unpaired) electrons. The molecule has 1 aliphatic carbocycles. The lowest BCUT2D eigenvalue weighted by atomic mass is 9.93. The first kappa shape index (κ1) is 29.0. The van der Waals surface area contributed by atoms with Crippen LogP contribution in [0.2, 0.25) is 0 Å². The third-order valence-corrected chi connectivity index (χ3v) is 8.11. The Bertz CT molecular complexity index is 1550. The topological polar surface area (TPSA) is 108 Å². The molecule has 0 atom stereocenters. The van der Waals surface area contributed by atoms with Crippen molar-refractivity contribution in [3.8, 4) is 11.1 Å². The molecular weight excluding hydrogens is 530 g/mol. The molecule has 0 aromatic heterocycles. The molecule has 0 unspecified atom stereocenters. The summed E-state index contributed by atoms with van der Waals surface area (Å²) in [6, 6.07) is 16.6. The van der Waals surface area contributed by atoms with Gasteiger partial charge in [0.15, 0.2) is 0 Å². The number of ether oxygens (including phenoxy) is 2. The van der Waals surface area contributed by atoms with Crippen molar-refractivity contribution in [1.29, 1.82) is 0 Å². The van der Waals surface area contributed by atoms with E-state index in [9.17, 15) is 15.1 Å². The van der Waals surface area contributed by atoms with Gasteiger partial charge in [0.1, 0.15) is 12.2 Å². The Morgan fingerprint density at radius 1 is 0.905 bits per heavy atom. The van der Waals surface area contributed by atoms with Gasteiger partial charge in [0.25, 0.3) is 0 Å². The van der Waals surface area contributed by atoms with Crippen molar-refractivity contribution in [3.05, 3.63) is 92.4 Å². The van der Waals surface area contributed by atoms with E-state index in [0.29, 0.717) is 43.0 Å². The maximum Gasteiger partial charge on any atom is 0.409 e. The monoisotopic (exact) mass is 567 g/mol. The molecule has 1 amide bonds. The number of amides is 1. The molecule has 42 heavy (non-hydrogen) atoms. The SMILES string of the molecule is Cc1c(N=[N+]=[N-])c(C)c(N2CCN(C(=O)OCC3c4ccccc4-c4ccccc43)CC2)c(C)c1C(=O)OC(C)(C)C. The van der Waals surface area contributed by atoms with Gasteiger partial charge in [-0.2, -0.15) is 0 Å². The second-order valence-electron chi connectivity index (χ2n) is 11.9. The summed E-state index contributed by atoms with van der Waals surface area (Å²) in [5, 5.41) is 3.94. The fourth-order valence-corrected chi connectivity index (χ4v) is 6.30. The van der Waals surface area contributed by atoms with Crippen molar-refractivity contribution >= 4 is 23.4 Å². The van der Waals surface area contributed by atoms with Gasteiger partial charge in [-0.05, 0) is 86.0 Å². The van der Waals surface area contributed by atoms with Gasteiger partial charge >= 0.3 is 12.1 Å². The van der Waals surface area contributed by atoms with Crippen molar-refractivity contribution in [1.82, 2.24) is 4.90 Å². The zero-order chi connectivity index (χ0) is 30.2. The highest BCUT2D eigenvalue weighted by Crippen LogP contribution is 2.45. The molecule has 3 aromatic rings. The fraction of sp³-hybridized carbons (Fsp3) is 0.394. The highest BCUT2D eigenvalue weighted by molar-refractivity contribution is 5.97. The van der Waals surface area contributed by atoms with Crippen LogP contribution < -0.4 is 4.90 Å². The van der Waals surface area contributed by atoms with E-state index in [4.69, 9.17) is 9.47 Å². The van der Waals surface area contributed by atoms with Crippen LogP contribution in [0.25, 0.3) is 21.6 Å². The molecule has 9 nitrogen and oxygen atoms in total. The van der Waals surface area contributed by atoms with Gasteiger partial charge < -0.3 is 19.3 Å². The molecule has 0 N–H and O–H groups in total. The van der Waals surface area contributed by atoms with E-state index in [-0.39, 0.29) is 18.6 Å². The third-order valence-electron chi connectivity index (χ3n) is 8.11. The summed E-state index contributed by atoms with van der Waals surface area (Å²) in [6.45, 7) is 13.3. The van der Waals surface area contributed by atoms with Crippen molar-refractivity contribution in [2.24, 2.45) is 5.11 Å². The second kappa shape index (κ2) is 11.4. The van der Waals surface area contributed by atoms with E-state index in [0.717, 1.165) is 16.8 Å². The summed E-state index contributed by atoms with van der Waals surface area (Å²) >= 11 is 0. The lowest BCUT2D eigenvalue weighted by molar-refractivity contribution is 0.00679. The Hall–Kier alpha value is -4.49. The summed E-state index contributed by atoms with van der Waals surface area (Å²) in [4.78, 5) is 33.3. The van der Waals surface area contributed by atoms with Gasteiger partial charge in [0.2, 0.25) is 0 Å². The maximum atomic E-state index is 13.2. The minimum absolute atomic E-state index is 0.00545. The van der Waals surface area contributed by atoms with E-state index in [1.807, 2.05) is 58.9 Å². The van der Waals surface area contributed by atoms with Crippen LogP contribution in [0.4, 0.5) is 16.2 Å². The molecule has 1 aliphatic heterocycles. The molecule has 3 aromatic carbocycles. The predicted octanol–water partition coefficient (Wildman–Crippen LogP) is 7.58. The van der Waals surface area contributed by atoms with Crippen LogP contribution >= 0.6 is 0 Å². The molecule has 1 saturated heterocycles. The van der Waals surface area contributed by atoms with Gasteiger partial charge in [-0.15, -0.1) is 0 Å². The van der Waals surface area contributed by atoms with Gasteiger partial charge in [-0.1, -0.05) is 53.6 Å². The van der Waals surface area contributed by atoms with Gasteiger partial charge in [-0.3, -0.25) is 0 Å². The average Bonchev–Trinajstić information content (AvgIpc) is 3.27. The molecule has 5 rings (SSSR count). The smallest absolute Gasteiger partial charge is 0.409 e. The van der Waals surface area contributed by atoms with E-state index in [2.05, 4.69) is 39.2 Å². The number of fused-ring (bicyclic) bond motifs is 3. The summed E-state index contributed by atoms with van der Waals surface area (Å²) in [7, 11) is 0.